The van der Waals surface area contributed by atoms with E-state index in [0.717, 1.165) is 32.1 Å². The van der Waals surface area contributed by atoms with Gasteiger partial charge in [0.05, 0.1) is 31.9 Å². The molecule has 2 N–H and O–H groups in total. The molecule has 2 heterocycles. The molecule has 1 saturated heterocycles. The lowest BCUT2D eigenvalue weighted by Crippen LogP contribution is -2.41. The number of aryl methyl sites for hydroxylation is 1. The van der Waals surface area contributed by atoms with Gasteiger partial charge >= 0.3 is 0 Å². The van der Waals surface area contributed by atoms with Crippen molar-refractivity contribution in [2.75, 3.05) is 27.3 Å². The maximum Gasteiger partial charge on any atom is 0.264 e. The van der Waals surface area contributed by atoms with E-state index in [2.05, 4.69) is 42.0 Å². The van der Waals surface area contributed by atoms with Crippen molar-refractivity contribution in [1.29, 1.82) is 0 Å². The van der Waals surface area contributed by atoms with Gasteiger partial charge in [-0.15, -0.1) is 0 Å². The summed E-state index contributed by atoms with van der Waals surface area (Å²) < 4.78 is 11.2. The zero-order valence-electron chi connectivity index (χ0n) is 25.7. The molecule has 0 atom stereocenters. The number of carbonyl (C=O) groups excluding carboxylic acids is 1. The molecule has 4 rings (SSSR count). The number of nitrogens with one attached hydrogen (secondary N) is 1. The van der Waals surface area contributed by atoms with Crippen molar-refractivity contribution in [2.24, 2.45) is 10.9 Å². The molecule has 43 heavy (non-hydrogen) atoms. The molecule has 8 nitrogen and oxygen atoms in total. The number of nitrogens with zero attached hydrogens (tertiary/aromatic N) is 2. The van der Waals surface area contributed by atoms with Crippen LogP contribution in [0.1, 0.15) is 67.6 Å². The molecule has 1 amide bonds. The first kappa shape index (κ1) is 31.6. The molecule has 1 aromatic heterocycles. The maximum absolute atomic E-state index is 13.7. The van der Waals surface area contributed by atoms with E-state index in [1.807, 2.05) is 24.4 Å². The number of unbranched alkanes of at least 4 members (excludes halogenated alkanes) is 1. The molecule has 0 aliphatic carbocycles. The summed E-state index contributed by atoms with van der Waals surface area (Å²) in [6.07, 6.45) is 8.72. The van der Waals surface area contributed by atoms with Crippen molar-refractivity contribution in [3.05, 3.63) is 87.4 Å². The van der Waals surface area contributed by atoms with E-state index in [0.29, 0.717) is 60.3 Å². The molecule has 2 aromatic carbocycles. The number of carbonyl (C=O) groups is 1. The number of allylic oxidation sites excluding steroid dienone is 2. The summed E-state index contributed by atoms with van der Waals surface area (Å²) >= 11 is 0. The van der Waals surface area contributed by atoms with Crippen LogP contribution in [0.25, 0.3) is 11.1 Å². The van der Waals surface area contributed by atoms with Gasteiger partial charge in [0.2, 0.25) is 0 Å². The van der Waals surface area contributed by atoms with Crippen LogP contribution in [-0.4, -0.2) is 54.4 Å². The first-order valence-electron chi connectivity index (χ1n) is 15.1. The Balaban J connectivity index is 1.50. The molecule has 0 radical (unpaired) electrons. The molecule has 3 aromatic rings. The molecule has 0 saturated carbocycles. The number of H-pyrrole nitrogens is 1. The summed E-state index contributed by atoms with van der Waals surface area (Å²) in [7, 11) is 3.08. The molecule has 8 heteroatoms. The monoisotopic (exact) mass is 585 g/mol. The van der Waals surface area contributed by atoms with Crippen LogP contribution in [0.5, 0.6) is 17.2 Å². The highest BCUT2D eigenvalue weighted by molar-refractivity contribution is 6.00. The van der Waals surface area contributed by atoms with E-state index < -0.39 is 11.5 Å². The van der Waals surface area contributed by atoms with E-state index in [1.54, 1.807) is 23.1 Å². The SMILES string of the molecule is CCCCc1[nH]c(=O)c(C(=O)N2CCC(C/C(C)=C/C=NCc3ccccc3)CC2)c(O)c1-c1c(OC)cccc1OC. The van der Waals surface area contributed by atoms with Gasteiger partial charge in [0.1, 0.15) is 22.8 Å². The minimum Gasteiger partial charge on any atom is -0.506 e. The van der Waals surface area contributed by atoms with Crippen LogP contribution in [0.3, 0.4) is 0 Å². The summed E-state index contributed by atoms with van der Waals surface area (Å²) in [5, 5.41) is 11.6. The fraction of sp³-hybridized carbons (Fsp3) is 0.400. The second kappa shape index (κ2) is 15.2. The van der Waals surface area contributed by atoms with Gasteiger partial charge in [-0.1, -0.05) is 55.3 Å². The van der Waals surface area contributed by atoms with Gasteiger partial charge in [0.15, 0.2) is 0 Å². The first-order valence-corrected chi connectivity index (χ1v) is 15.1. The van der Waals surface area contributed by atoms with Crippen LogP contribution in [0.15, 0.2) is 70.0 Å². The minimum absolute atomic E-state index is 0.243. The average Bonchev–Trinajstić information content (AvgIpc) is 3.02. The minimum atomic E-state index is -0.582. The van der Waals surface area contributed by atoms with Gasteiger partial charge in [0, 0.05) is 25.0 Å². The van der Waals surface area contributed by atoms with Gasteiger partial charge < -0.3 is 24.5 Å². The summed E-state index contributed by atoms with van der Waals surface area (Å²) in [6.45, 7) is 5.85. The molecule has 1 fully saturated rings. The largest absolute Gasteiger partial charge is 0.506 e. The third-order valence-electron chi connectivity index (χ3n) is 8.03. The third-order valence-corrected chi connectivity index (χ3v) is 8.03. The second-order valence-electron chi connectivity index (χ2n) is 11.1. The number of hydrogen-bond acceptors (Lipinski definition) is 6. The number of likely N-dealkylation sites (tertiary alicyclic amines) is 1. The molecule has 0 spiro atoms. The Bertz CT molecular complexity index is 1480. The molecule has 0 unspecified atom stereocenters. The number of aromatic nitrogens is 1. The lowest BCUT2D eigenvalue weighted by molar-refractivity contribution is 0.0685. The molecule has 0 bridgehead atoms. The molecule has 1 aliphatic rings. The number of amides is 1. The molecular formula is C35H43N3O5. The second-order valence-corrected chi connectivity index (χ2v) is 11.1. The van der Waals surface area contributed by atoms with Gasteiger partial charge in [-0.3, -0.25) is 14.6 Å². The van der Waals surface area contributed by atoms with Gasteiger partial charge in [-0.25, -0.2) is 0 Å². The van der Waals surface area contributed by atoms with E-state index >= 15 is 0 Å². The maximum atomic E-state index is 13.7. The van der Waals surface area contributed by atoms with Crippen LogP contribution in [-0.2, 0) is 13.0 Å². The Morgan fingerprint density at radius 1 is 1.05 bits per heavy atom. The smallest absolute Gasteiger partial charge is 0.264 e. The van der Waals surface area contributed by atoms with Gasteiger partial charge in [-0.05, 0) is 68.7 Å². The zero-order valence-corrected chi connectivity index (χ0v) is 25.7. The van der Waals surface area contributed by atoms with E-state index in [4.69, 9.17) is 9.47 Å². The van der Waals surface area contributed by atoms with Crippen LogP contribution < -0.4 is 15.0 Å². The number of benzene rings is 2. The number of rotatable bonds is 12. The van der Waals surface area contributed by atoms with Crippen LogP contribution >= 0.6 is 0 Å². The van der Waals surface area contributed by atoms with E-state index in [1.165, 1.54) is 25.4 Å². The number of aromatic hydroxyl groups is 1. The van der Waals surface area contributed by atoms with Crippen molar-refractivity contribution in [1.82, 2.24) is 9.88 Å². The Hall–Kier alpha value is -4.33. The Labute approximate surface area is 254 Å². The fourth-order valence-electron chi connectivity index (χ4n) is 5.69. The molecule has 228 valence electrons. The Morgan fingerprint density at radius 2 is 1.72 bits per heavy atom. The lowest BCUT2D eigenvalue weighted by Gasteiger charge is -2.32. The van der Waals surface area contributed by atoms with Crippen LogP contribution in [0, 0.1) is 5.92 Å². The summed E-state index contributed by atoms with van der Waals surface area (Å²) in [5.41, 5.74) is 3.03. The van der Waals surface area contributed by atoms with Crippen molar-refractivity contribution < 1.29 is 19.4 Å². The van der Waals surface area contributed by atoms with E-state index in [9.17, 15) is 14.7 Å². The first-order chi connectivity index (χ1) is 20.9. The quantitative estimate of drug-likeness (QED) is 0.234. The number of methoxy groups -OCH3 is 2. The van der Waals surface area contributed by atoms with Crippen molar-refractivity contribution in [2.45, 2.75) is 58.9 Å². The van der Waals surface area contributed by atoms with Gasteiger partial charge in [-0.2, -0.15) is 0 Å². The normalized spacial score (nSPS) is 14.3. The van der Waals surface area contributed by atoms with Crippen LogP contribution in [0.4, 0.5) is 0 Å². The number of ether oxygens (including phenoxy) is 2. The average molecular weight is 586 g/mol. The number of pyridine rings is 1. The van der Waals surface area contributed by atoms with Gasteiger partial charge in [0.25, 0.3) is 11.5 Å². The fourth-order valence-corrected chi connectivity index (χ4v) is 5.69. The molecule has 1 aliphatic heterocycles. The highest BCUT2D eigenvalue weighted by Gasteiger charge is 2.31. The predicted octanol–water partition coefficient (Wildman–Crippen LogP) is 6.57. The topological polar surface area (TPSA) is 104 Å². The summed E-state index contributed by atoms with van der Waals surface area (Å²) in [5.74, 6) is 0.590. The molecular weight excluding hydrogens is 542 g/mol. The number of aromatic amines is 1. The summed E-state index contributed by atoms with van der Waals surface area (Å²) in [4.78, 5) is 36.1. The van der Waals surface area contributed by atoms with E-state index in [-0.39, 0.29) is 11.3 Å². The van der Waals surface area contributed by atoms with Crippen molar-refractivity contribution in [3.8, 4) is 28.4 Å². The van der Waals surface area contributed by atoms with Crippen molar-refractivity contribution >= 4 is 12.1 Å². The third kappa shape index (κ3) is 7.74. The highest BCUT2D eigenvalue weighted by atomic mass is 16.5. The number of aliphatic imine (C=N–C) groups is 1. The highest BCUT2D eigenvalue weighted by Crippen LogP contribution is 2.45. The lowest BCUT2D eigenvalue weighted by atomic mass is 9.90. The Kier molecular flexibility index (Phi) is 11.2. The number of piperidine rings is 1. The standard InChI is InChI=1S/C35H43N3O5/c1-5-6-13-27-30(31-28(42-3)14-10-15-29(31)43-4)33(39)32(34(40)37-27)35(41)38-20-17-25(18-21-38)22-24(2)16-19-36-23-26-11-8-7-9-12-26/h7-12,14-16,19,25H,5-6,13,17-18,20-23H2,1-4H3,(H2,37,39,40)/b24-16+,36-19?. The Morgan fingerprint density at radius 3 is 2.35 bits per heavy atom. The van der Waals surface area contributed by atoms with Crippen LogP contribution in [0.2, 0.25) is 0 Å². The zero-order chi connectivity index (χ0) is 30.8. The summed E-state index contributed by atoms with van der Waals surface area (Å²) in [6, 6.07) is 15.5. The number of hydrogen-bond donors (Lipinski definition) is 2. The van der Waals surface area contributed by atoms with Crippen molar-refractivity contribution in [3.63, 3.8) is 0 Å². The predicted molar refractivity (Wildman–Crippen MR) is 172 cm³/mol.